The SMILES string of the molecule is CCOc1ccccc1CN=C(N)N1CCCCC1.I. The zero-order chi connectivity index (χ0) is 13.5. The number of para-hydroxylation sites is 1. The number of ether oxygens (including phenoxy) is 1. The summed E-state index contributed by atoms with van der Waals surface area (Å²) < 4.78 is 5.59. The van der Waals surface area contributed by atoms with Crippen molar-refractivity contribution in [2.75, 3.05) is 19.7 Å². The molecule has 0 radical (unpaired) electrons. The number of rotatable bonds is 4. The molecule has 1 fully saturated rings. The average Bonchev–Trinajstić information content (AvgIpc) is 2.47. The van der Waals surface area contributed by atoms with E-state index in [4.69, 9.17) is 10.5 Å². The molecule has 1 aromatic rings. The number of nitrogens with zero attached hydrogens (tertiary/aromatic N) is 2. The first-order valence-corrected chi connectivity index (χ1v) is 7.07. The van der Waals surface area contributed by atoms with Gasteiger partial charge in [0.2, 0.25) is 0 Å². The Hall–Kier alpha value is -0.980. The second-order valence-corrected chi connectivity index (χ2v) is 4.76. The molecule has 2 N–H and O–H groups in total. The summed E-state index contributed by atoms with van der Waals surface area (Å²) in [4.78, 5) is 6.67. The first-order valence-electron chi connectivity index (χ1n) is 7.07. The third-order valence-electron chi connectivity index (χ3n) is 3.36. The highest BCUT2D eigenvalue weighted by Gasteiger charge is 2.11. The van der Waals surface area contributed by atoms with E-state index < -0.39 is 0 Å². The van der Waals surface area contributed by atoms with Gasteiger partial charge in [0.05, 0.1) is 13.2 Å². The maximum atomic E-state index is 6.06. The van der Waals surface area contributed by atoms with Crippen LogP contribution in [0.4, 0.5) is 0 Å². The van der Waals surface area contributed by atoms with Crippen molar-refractivity contribution in [3.63, 3.8) is 0 Å². The van der Waals surface area contributed by atoms with Gasteiger partial charge >= 0.3 is 0 Å². The molecule has 1 saturated heterocycles. The number of hydrogen-bond donors (Lipinski definition) is 1. The molecule has 5 heteroatoms. The van der Waals surface area contributed by atoms with Crippen LogP contribution in [0.1, 0.15) is 31.7 Å². The van der Waals surface area contributed by atoms with E-state index in [2.05, 4.69) is 9.89 Å². The summed E-state index contributed by atoms with van der Waals surface area (Å²) in [6.07, 6.45) is 3.73. The molecule has 1 aromatic carbocycles. The Morgan fingerprint density at radius 1 is 1.25 bits per heavy atom. The fourth-order valence-electron chi connectivity index (χ4n) is 2.32. The van der Waals surface area contributed by atoms with Crippen molar-refractivity contribution in [1.29, 1.82) is 0 Å². The van der Waals surface area contributed by atoms with Gasteiger partial charge in [-0.2, -0.15) is 0 Å². The van der Waals surface area contributed by atoms with Gasteiger partial charge in [-0.1, -0.05) is 18.2 Å². The number of aliphatic imine (C=N–C) groups is 1. The summed E-state index contributed by atoms with van der Waals surface area (Å²) in [5.41, 5.74) is 7.14. The van der Waals surface area contributed by atoms with Crippen LogP contribution in [-0.2, 0) is 6.54 Å². The second-order valence-electron chi connectivity index (χ2n) is 4.76. The molecular formula is C15H24IN3O. The quantitative estimate of drug-likeness (QED) is 0.489. The Balaban J connectivity index is 0.00000200. The molecule has 0 amide bonds. The molecule has 0 saturated carbocycles. The lowest BCUT2D eigenvalue weighted by Crippen LogP contribution is -2.40. The monoisotopic (exact) mass is 389 g/mol. The lowest BCUT2D eigenvalue weighted by atomic mass is 10.1. The number of likely N-dealkylation sites (tertiary alicyclic amines) is 1. The number of halogens is 1. The Bertz CT molecular complexity index is 431. The third-order valence-corrected chi connectivity index (χ3v) is 3.36. The molecule has 1 heterocycles. The number of piperidine rings is 1. The zero-order valence-electron chi connectivity index (χ0n) is 12.0. The van der Waals surface area contributed by atoms with Crippen LogP contribution in [0.2, 0.25) is 0 Å². The summed E-state index contributed by atoms with van der Waals surface area (Å²) in [6, 6.07) is 8.00. The van der Waals surface area contributed by atoms with E-state index in [9.17, 15) is 0 Å². The largest absolute Gasteiger partial charge is 0.494 e. The molecule has 0 spiro atoms. The summed E-state index contributed by atoms with van der Waals surface area (Å²) in [6.45, 7) is 5.30. The van der Waals surface area contributed by atoms with Crippen molar-refractivity contribution in [1.82, 2.24) is 4.90 Å². The van der Waals surface area contributed by atoms with Crippen LogP contribution in [-0.4, -0.2) is 30.6 Å². The van der Waals surface area contributed by atoms with Gasteiger partial charge in [-0.25, -0.2) is 4.99 Å². The van der Waals surface area contributed by atoms with Crippen molar-refractivity contribution in [3.05, 3.63) is 29.8 Å². The van der Waals surface area contributed by atoms with E-state index >= 15 is 0 Å². The normalized spacial score (nSPS) is 15.7. The van der Waals surface area contributed by atoms with Gasteiger partial charge in [-0.15, -0.1) is 24.0 Å². The molecule has 0 aliphatic carbocycles. The predicted octanol–water partition coefficient (Wildman–Crippen LogP) is 3.00. The van der Waals surface area contributed by atoms with Gasteiger partial charge < -0.3 is 15.4 Å². The molecular weight excluding hydrogens is 365 g/mol. The van der Waals surface area contributed by atoms with Crippen LogP contribution < -0.4 is 10.5 Å². The van der Waals surface area contributed by atoms with Crippen molar-refractivity contribution in [2.45, 2.75) is 32.7 Å². The zero-order valence-corrected chi connectivity index (χ0v) is 14.4. The number of benzene rings is 1. The maximum Gasteiger partial charge on any atom is 0.191 e. The van der Waals surface area contributed by atoms with Gasteiger partial charge in [0, 0.05) is 18.7 Å². The topological polar surface area (TPSA) is 50.9 Å². The Labute approximate surface area is 138 Å². The maximum absolute atomic E-state index is 6.06. The Morgan fingerprint density at radius 3 is 2.65 bits per heavy atom. The second kappa shape index (κ2) is 9.05. The molecule has 2 rings (SSSR count). The van der Waals surface area contributed by atoms with E-state index in [0.717, 1.165) is 24.4 Å². The van der Waals surface area contributed by atoms with Crippen LogP contribution in [0.15, 0.2) is 29.3 Å². The minimum Gasteiger partial charge on any atom is -0.494 e. The molecule has 4 nitrogen and oxygen atoms in total. The first-order chi connectivity index (χ1) is 9.31. The van der Waals surface area contributed by atoms with Gasteiger partial charge in [0.1, 0.15) is 5.75 Å². The van der Waals surface area contributed by atoms with E-state index in [1.807, 2.05) is 31.2 Å². The van der Waals surface area contributed by atoms with Crippen molar-refractivity contribution in [3.8, 4) is 5.75 Å². The Kier molecular flexibility index (Phi) is 7.72. The van der Waals surface area contributed by atoms with Crippen molar-refractivity contribution >= 4 is 29.9 Å². The minimum atomic E-state index is 0. The smallest absolute Gasteiger partial charge is 0.191 e. The van der Waals surface area contributed by atoms with Crippen LogP contribution in [0.25, 0.3) is 0 Å². The highest BCUT2D eigenvalue weighted by atomic mass is 127. The molecule has 20 heavy (non-hydrogen) atoms. The molecule has 0 bridgehead atoms. The van der Waals surface area contributed by atoms with Gasteiger partial charge in [0.25, 0.3) is 0 Å². The molecule has 112 valence electrons. The van der Waals surface area contributed by atoms with E-state index in [0.29, 0.717) is 19.1 Å². The lowest BCUT2D eigenvalue weighted by molar-refractivity contribution is 0.334. The summed E-state index contributed by atoms with van der Waals surface area (Å²) >= 11 is 0. The molecule has 1 aliphatic heterocycles. The van der Waals surface area contributed by atoms with Crippen LogP contribution in [0, 0.1) is 0 Å². The minimum absolute atomic E-state index is 0. The standard InChI is InChI=1S/C15H23N3O.HI/c1-2-19-14-9-5-4-8-13(14)12-17-15(16)18-10-6-3-7-11-18;/h4-5,8-9H,2-3,6-7,10-12H2,1H3,(H2,16,17);1H. The molecule has 0 unspecified atom stereocenters. The summed E-state index contributed by atoms with van der Waals surface area (Å²) in [7, 11) is 0. The van der Waals surface area contributed by atoms with Crippen LogP contribution in [0.3, 0.4) is 0 Å². The third kappa shape index (κ3) is 4.85. The van der Waals surface area contributed by atoms with Gasteiger partial charge in [-0.05, 0) is 32.3 Å². The van der Waals surface area contributed by atoms with Crippen LogP contribution in [0.5, 0.6) is 5.75 Å². The van der Waals surface area contributed by atoms with E-state index in [1.54, 1.807) is 0 Å². The fourth-order valence-corrected chi connectivity index (χ4v) is 2.32. The molecule has 1 aliphatic rings. The number of hydrogen-bond acceptors (Lipinski definition) is 2. The Morgan fingerprint density at radius 2 is 1.95 bits per heavy atom. The molecule has 0 aromatic heterocycles. The van der Waals surface area contributed by atoms with Crippen molar-refractivity contribution in [2.24, 2.45) is 10.7 Å². The van der Waals surface area contributed by atoms with Crippen LogP contribution >= 0.6 is 24.0 Å². The fraction of sp³-hybridized carbons (Fsp3) is 0.533. The van der Waals surface area contributed by atoms with E-state index in [1.165, 1.54) is 19.3 Å². The summed E-state index contributed by atoms with van der Waals surface area (Å²) in [5.74, 6) is 1.56. The van der Waals surface area contributed by atoms with Gasteiger partial charge in [0.15, 0.2) is 5.96 Å². The highest BCUT2D eigenvalue weighted by Crippen LogP contribution is 2.19. The number of guanidine groups is 1. The average molecular weight is 389 g/mol. The number of nitrogens with two attached hydrogens (primary N) is 1. The predicted molar refractivity (Wildman–Crippen MR) is 93.8 cm³/mol. The summed E-state index contributed by atoms with van der Waals surface area (Å²) in [5, 5.41) is 0. The first kappa shape index (κ1) is 17.1. The lowest BCUT2D eigenvalue weighted by Gasteiger charge is -2.27. The molecule has 0 atom stereocenters. The highest BCUT2D eigenvalue weighted by molar-refractivity contribution is 14.0. The van der Waals surface area contributed by atoms with E-state index in [-0.39, 0.29) is 24.0 Å². The van der Waals surface area contributed by atoms with Crippen molar-refractivity contribution < 1.29 is 4.74 Å². The van der Waals surface area contributed by atoms with Gasteiger partial charge in [-0.3, -0.25) is 0 Å².